The lowest BCUT2D eigenvalue weighted by molar-refractivity contribution is -0.119. The van der Waals surface area contributed by atoms with Gasteiger partial charge in [-0.2, -0.15) is 5.10 Å². The van der Waals surface area contributed by atoms with Gasteiger partial charge in [0.2, 0.25) is 0 Å². The fraction of sp³-hybridized carbons (Fsp3) is 0.0667. The van der Waals surface area contributed by atoms with Crippen LogP contribution in [0, 0.1) is 0 Å². The SMILES string of the molecule is O=C(CNc1cccc(Cl)c1)N/N=C\c1ccccc1O. The Hall–Kier alpha value is -2.53. The minimum atomic E-state index is -0.304. The van der Waals surface area contributed by atoms with E-state index in [-0.39, 0.29) is 18.2 Å². The van der Waals surface area contributed by atoms with Gasteiger partial charge in [-0.3, -0.25) is 4.79 Å². The standard InChI is InChI=1S/C15H14ClN3O2/c16-12-5-3-6-13(8-12)17-10-15(21)19-18-9-11-4-1-2-7-14(11)20/h1-9,17,20H,10H2,(H,19,21)/b18-9-. The molecule has 0 aliphatic heterocycles. The van der Waals surface area contributed by atoms with Crippen molar-refractivity contribution in [1.29, 1.82) is 0 Å². The molecule has 0 saturated heterocycles. The van der Waals surface area contributed by atoms with Gasteiger partial charge >= 0.3 is 0 Å². The summed E-state index contributed by atoms with van der Waals surface area (Å²) in [6, 6.07) is 13.8. The van der Waals surface area contributed by atoms with Crippen molar-refractivity contribution in [1.82, 2.24) is 5.43 Å². The Bertz CT molecular complexity index is 659. The van der Waals surface area contributed by atoms with E-state index < -0.39 is 0 Å². The molecule has 0 spiro atoms. The second-order valence-corrected chi connectivity index (χ2v) is 4.65. The van der Waals surface area contributed by atoms with Crippen LogP contribution in [-0.2, 0) is 4.79 Å². The molecule has 3 N–H and O–H groups in total. The summed E-state index contributed by atoms with van der Waals surface area (Å²) in [5.41, 5.74) is 3.65. The van der Waals surface area contributed by atoms with E-state index in [1.54, 1.807) is 42.5 Å². The van der Waals surface area contributed by atoms with Gasteiger partial charge in [0.15, 0.2) is 0 Å². The number of hydrogen-bond acceptors (Lipinski definition) is 4. The monoisotopic (exact) mass is 303 g/mol. The quantitative estimate of drug-likeness (QED) is 0.587. The highest BCUT2D eigenvalue weighted by molar-refractivity contribution is 6.30. The Kier molecular flexibility index (Phi) is 5.17. The number of halogens is 1. The van der Waals surface area contributed by atoms with Crippen molar-refractivity contribution < 1.29 is 9.90 Å². The zero-order valence-corrected chi connectivity index (χ0v) is 11.8. The fourth-order valence-corrected chi connectivity index (χ4v) is 1.78. The van der Waals surface area contributed by atoms with E-state index >= 15 is 0 Å². The van der Waals surface area contributed by atoms with Crippen LogP contribution >= 0.6 is 11.6 Å². The van der Waals surface area contributed by atoms with Crippen molar-refractivity contribution in [3.63, 3.8) is 0 Å². The summed E-state index contributed by atoms with van der Waals surface area (Å²) in [5, 5.41) is 16.8. The molecule has 0 unspecified atom stereocenters. The average molecular weight is 304 g/mol. The maximum absolute atomic E-state index is 11.6. The van der Waals surface area contributed by atoms with Crippen molar-refractivity contribution in [2.75, 3.05) is 11.9 Å². The van der Waals surface area contributed by atoms with Gasteiger partial charge in [-0.25, -0.2) is 5.43 Å². The molecule has 1 amide bonds. The number of phenols is 1. The van der Waals surface area contributed by atoms with Crippen LogP contribution in [0.3, 0.4) is 0 Å². The third kappa shape index (κ3) is 4.81. The van der Waals surface area contributed by atoms with Gasteiger partial charge in [0.05, 0.1) is 12.8 Å². The van der Waals surface area contributed by atoms with Gasteiger partial charge in [-0.1, -0.05) is 29.8 Å². The average Bonchev–Trinajstić information content (AvgIpc) is 2.47. The number of amides is 1. The molecule has 21 heavy (non-hydrogen) atoms. The van der Waals surface area contributed by atoms with Crippen LogP contribution in [0.5, 0.6) is 5.75 Å². The van der Waals surface area contributed by atoms with Crippen LogP contribution in [0.15, 0.2) is 53.6 Å². The number of hydrogen-bond donors (Lipinski definition) is 3. The zero-order chi connectivity index (χ0) is 15.1. The van der Waals surface area contributed by atoms with E-state index in [0.29, 0.717) is 10.6 Å². The lowest BCUT2D eigenvalue weighted by Gasteiger charge is -2.05. The Morgan fingerprint density at radius 2 is 2.05 bits per heavy atom. The number of benzene rings is 2. The number of carbonyl (C=O) groups excluding carboxylic acids is 1. The molecule has 0 radical (unpaired) electrons. The van der Waals surface area contributed by atoms with Crippen LogP contribution in [0.25, 0.3) is 0 Å². The maximum Gasteiger partial charge on any atom is 0.259 e. The van der Waals surface area contributed by atoms with E-state index in [4.69, 9.17) is 11.6 Å². The Morgan fingerprint density at radius 3 is 2.81 bits per heavy atom. The van der Waals surface area contributed by atoms with E-state index in [1.807, 2.05) is 6.07 Å². The number of carbonyl (C=O) groups is 1. The lowest BCUT2D eigenvalue weighted by Crippen LogP contribution is -2.25. The summed E-state index contributed by atoms with van der Waals surface area (Å²) < 4.78 is 0. The number of rotatable bonds is 5. The molecule has 2 aromatic carbocycles. The van der Waals surface area contributed by atoms with Crippen molar-refractivity contribution in [3.05, 3.63) is 59.1 Å². The van der Waals surface area contributed by atoms with E-state index in [0.717, 1.165) is 5.69 Å². The largest absolute Gasteiger partial charge is 0.507 e. The first-order valence-electron chi connectivity index (χ1n) is 6.24. The second-order valence-electron chi connectivity index (χ2n) is 4.22. The fourth-order valence-electron chi connectivity index (χ4n) is 1.59. The molecule has 0 saturated carbocycles. The summed E-state index contributed by atoms with van der Waals surface area (Å²) >= 11 is 5.84. The molecule has 2 aromatic rings. The minimum Gasteiger partial charge on any atom is -0.507 e. The highest BCUT2D eigenvalue weighted by atomic mass is 35.5. The number of anilines is 1. The predicted molar refractivity (Wildman–Crippen MR) is 83.8 cm³/mol. The van der Waals surface area contributed by atoms with E-state index in [9.17, 15) is 9.90 Å². The lowest BCUT2D eigenvalue weighted by atomic mass is 10.2. The molecule has 5 nitrogen and oxygen atoms in total. The second kappa shape index (κ2) is 7.31. The molecule has 0 fully saturated rings. The molecule has 108 valence electrons. The normalized spacial score (nSPS) is 10.5. The number of nitrogens with one attached hydrogen (secondary N) is 2. The Labute approximate surface area is 127 Å². The number of hydrazone groups is 1. The first-order valence-corrected chi connectivity index (χ1v) is 6.62. The molecule has 0 aliphatic rings. The maximum atomic E-state index is 11.6. The molecule has 0 aromatic heterocycles. The van der Waals surface area contributed by atoms with Crippen LogP contribution in [-0.4, -0.2) is 23.8 Å². The molecule has 2 rings (SSSR count). The number of phenolic OH excluding ortho intramolecular Hbond substituents is 1. The van der Waals surface area contributed by atoms with Crippen molar-refractivity contribution in [2.45, 2.75) is 0 Å². The first kappa shape index (κ1) is 14.9. The van der Waals surface area contributed by atoms with Crippen LogP contribution < -0.4 is 10.7 Å². The van der Waals surface area contributed by atoms with Gasteiger partial charge in [-0.05, 0) is 30.3 Å². The van der Waals surface area contributed by atoms with Gasteiger partial charge in [-0.15, -0.1) is 0 Å². The van der Waals surface area contributed by atoms with Crippen molar-refractivity contribution in [2.24, 2.45) is 5.10 Å². The van der Waals surface area contributed by atoms with E-state index in [2.05, 4.69) is 15.8 Å². The molecular formula is C15H14ClN3O2. The number of nitrogens with zero attached hydrogens (tertiary/aromatic N) is 1. The summed E-state index contributed by atoms with van der Waals surface area (Å²) in [6.45, 7) is 0.0679. The van der Waals surface area contributed by atoms with Gasteiger partial charge in [0.1, 0.15) is 5.75 Å². The molecule has 0 atom stereocenters. The van der Waals surface area contributed by atoms with Crippen LogP contribution in [0.4, 0.5) is 5.69 Å². The smallest absolute Gasteiger partial charge is 0.259 e. The highest BCUT2D eigenvalue weighted by Gasteiger charge is 2.00. The third-order valence-electron chi connectivity index (χ3n) is 2.61. The summed E-state index contributed by atoms with van der Waals surface area (Å²) in [7, 11) is 0. The molecule has 0 aliphatic carbocycles. The third-order valence-corrected chi connectivity index (χ3v) is 2.84. The molecule has 0 heterocycles. The minimum absolute atomic E-state index is 0.0679. The van der Waals surface area contributed by atoms with Gasteiger partial charge < -0.3 is 10.4 Å². The van der Waals surface area contributed by atoms with Gasteiger partial charge in [0, 0.05) is 16.3 Å². The topological polar surface area (TPSA) is 73.7 Å². The van der Waals surface area contributed by atoms with Crippen molar-refractivity contribution in [3.8, 4) is 5.75 Å². The van der Waals surface area contributed by atoms with Gasteiger partial charge in [0.25, 0.3) is 5.91 Å². The highest BCUT2D eigenvalue weighted by Crippen LogP contribution is 2.14. The predicted octanol–water partition coefficient (Wildman–Crippen LogP) is 2.61. The van der Waals surface area contributed by atoms with E-state index in [1.165, 1.54) is 6.21 Å². The van der Waals surface area contributed by atoms with Crippen LogP contribution in [0.1, 0.15) is 5.56 Å². The first-order chi connectivity index (χ1) is 10.1. The van der Waals surface area contributed by atoms with Crippen molar-refractivity contribution >= 4 is 29.4 Å². The summed E-state index contributed by atoms with van der Waals surface area (Å²) in [4.78, 5) is 11.6. The zero-order valence-electron chi connectivity index (χ0n) is 11.1. The Morgan fingerprint density at radius 1 is 1.24 bits per heavy atom. The molecular weight excluding hydrogens is 290 g/mol. The molecule has 6 heteroatoms. The molecule has 0 bridgehead atoms. The number of para-hydroxylation sites is 1. The summed E-state index contributed by atoms with van der Waals surface area (Å²) in [5.74, 6) is -0.200. The summed E-state index contributed by atoms with van der Waals surface area (Å²) in [6.07, 6.45) is 1.38. The van der Waals surface area contributed by atoms with Crippen LogP contribution in [0.2, 0.25) is 5.02 Å². The Balaban J connectivity index is 1.81. The number of aromatic hydroxyl groups is 1.